The standard InChI is InChI=1S/C38H52O2/c1-28(2)25-32(29-19-13-10-14-20-29)36(6,7)27-38(30-21-15-11-16-22-30,31-23-17-12-18-24-31)37(8,9)26-33(34(39)40)35(3,4)5/h10-24,28,32-33H,25-27H2,1-9H3,(H,39,40). The van der Waals surface area contributed by atoms with Crippen LogP contribution in [-0.4, -0.2) is 11.1 Å². The molecule has 0 bridgehead atoms. The van der Waals surface area contributed by atoms with Gasteiger partial charge in [0, 0.05) is 5.41 Å². The van der Waals surface area contributed by atoms with E-state index in [1.54, 1.807) is 0 Å². The normalized spacial score (nSPS) is 14.7. The maximum Gasteiger partial charge on any atom is 0.307 e. The van der Waals surface area contributed by atoms with Crippen LogP contribution >= 0.6 is 0 Å². The van der Waals surface area contributed by atoms with E-state index in [0.29, 0.717) is 18.3 Å². The Kier molecular flexibility index (Phi) is 9.76. The molecule has 3 rings (SSSR count). The number of carboxylic acid groups (broad SMARTS) is 1. The first-order chi connectivity index (χ1) is 18.6. The van der Waals surface area contributed by atoms with Crippen molar-refractivity contribution in [1.29, 1.82) is 0 Å². The van der Waals surface area contributed by atoms with Gasteiger partial charge in [-0.15, -0.1) is 0 Å². The second-order valence-corrected chi connectivity index (χ2v) is 14.7. The van der Waals surface area contributed by atoms with Gasteiger partial charge in [0.15, 0.2) is 0 Å². The SMILES string of the molecule is CC(C)CC(c1ccccc1)C(C)(C)CC(c1ccccc1)(c1ccccc1)C(C)(C)CC(C(=O)O)C(C)(C)C. The van der Waals surface area contributed by atoms with Crippen molar-refractivity contribution in [1.82, 2.24) is 0 Å². The lowest BCUT2D eigenvalue weighted by atomic mass is 9.49. The fourth-order valence-corrected chi connectivity index (χ4v) is 7.16. The highest BCUT2D eigenvalue weighted by Crippen LogP contribution is 2.59. The number of hydrogen-bond acceptors (Lipinski definition) is 1. The lowest BCUT2D eigenvalue weighted by Crippen LogP contribution is -2.49. The highest BCUT2D eigenvalue weighted by molar-refractivity contribution is 5.71. The predicted molar refractivity (Wildman–Crippen MR) is 170 cm³/mol. The van der Waals surface area contributed by atoms with Crippen LogP contribution in [0.15, 0.2) is 91.0 Å². The van der Waals surface area contributed by atoms with Crippen molar-refractivity contribution in [3.05, 3.63) is 108 Å². The van der Waals surface area contributed by atoms with Gasteiger partial charge < -0.3 is 5.11 Å². The van der Waals surface area contributed by atoms with Crippen LogP contribution in [0.1, 0.15) is 104 Å². The summed E-state index contributed by atoms with van der Waals surface area (Å²) in [5.41, 5.74) is 2.66. The van der Waals surface area contributed by atoms with Gasteiger partial charge in [-0.25, -0.2) is 0 Å². The molecule has 216 valence electrons. The van der Waals surface area contributed by atoms with Gasteiger partial charge in [0.05, 0.1) is 5.92 Å². The monoisotopic (exact) mass is 540 g/mol. The zero-order valence-corrected chi connectivity index (χ0v) is 26.4. The van der Waals surface area contributed by atoms with Gasteiger partial charge in [0.25, 0.3) is 0 Å². The molecule has 40 heavy (non-hydrogen) atoms. The molecule has 0 heterocycles. The minimum Gasteiger partial charge on any atom is -0.481 e. The maximum absolute atomic E-state index is 12.7. The molecule has 0 fully saturated rings. The molecule has 3 aromatic rings. The summed E-state index contributed by atoms with van der Waals surface area (Å²) in [4.78, 5) is 12.7. The number of carbonyl (C=O) groups is 1. The molecular weight excluding hydrogens is 488 g/mol. The molecule has 2 nitrogen and oxygen atoms in total. The van der Waals surface area contributed by atoms with E-state index in [1.165, 1.54) is 16.7 Å². The van der Waals surface area contributed by atoms with Gasteiger partial charge in [-0.05, 0) is 64.0 Å². The molecule has 0 radical (unpaired) electrons. The zero-order chi connectivity index (χ0) is 29.8. The Hall–Kier alpha value is -2.87. The summed E-state index contributed by atoms with van der Waals surface area (Å²) in [6, 6.07) is 32.7. The second-order valence-electron chi connectivity index (χ2n) is 14.7. The van der Waals surface area contributed by atoms with E-state index in [1.807, 2.05) is 0 Å². The van der Waals surface area contributed by atoms with Gasteiger partial charge >= 0.3 is 5.97 Å². The molecule has 3 aromatic carbocycles. The van der Waals surface area contributed by atoms with Gasteiger partial charge in [-0.1, -0.05) is 153 Å². The van der Waals surface area contributed by atoms with Gasteiger partial charge in [-0.2, -0.15) is 0 Å². The Morgan fingerprint density at radius 2 is 1.12 bits per heavy atom. The smallest absolute Gasteiger partial charge is 0.307 e. The van der Waals surface area contributed by atoms with Gasteiger partial charge in [0.2, 0.25) is 0 Å². The molecule has 0 saturated carbocycles. The van der Waals surface area contributed by atoms with E-state index in [4.69, 9.17) is 0 Å². The van der Waals surface area contributed by atoms with Crippen LogP contribution in [0.3, 0.4) is 0 Å². The van der Waals surface area contributed by atoms with Crippen LogP contribution in [0, 0.1) is 28.1 Å². The molecule has 0 spiro atoms. The zero-order valence-electron chi connectivity index (χ0n) is 26.4. The Bertz CT molecular complexity index is 1160. The molecule has 0 aromatic heterocycles. The number of benzene rings is 3. The van der Waals surface area contributed by atoms with Crippen molar-refractivity contribution in [3.8, 4) is 0 Å². The Balaban J connectivity index is 2.32. The third-order valence-electron chi connectivity index (χ3n) is 9.32. The van der Waals surface area contributed by atoms with Gasteiger partial charge in [0.1, 0.15) is 0 Å². The molecule has 2 heteroatoms. The van der Waals surface area contributed by atoms with Crippen LogP contribution in [0.25, 0.3) is 0 Å². The fourth-order valence-electron chi connectivity index (χ4n) is 7.16. The predicted octanol–water partition coefficient (Wildman–Crippen LogP) is 10.4. The number of hydrogen-bond donors (Lipinski definition) is 1. The summed E-state index contributed by atoms with van der Waals surface area (Å²) in [5.74, 6) is -0.276. The third-order valence-corrected chi connectivity index (χ3v) is 9.32. The Morgan fingerprint density at radius 3 is 1.50 bits per heavy atom. The van der Waals surface area contributed by atoms with E-state index >= 15 is 0 Å². The van der Waals surface area contributed by atoms with E-state index < -0.39 is 17.3 Å². The van der Waals surface area contributed by atoms with Crippen LogP contribution in [0.2, 0.25) is 0 Å². The minimum atomic E-state index is -0.711. The van der Waals surface area contributed by atoms with Crippen molar-refractivity contribution in [3.63, 3.8) is 0 Å². The topological polar surface area (TPSA) is 37.3 Å². The van der Waals surface area contributed by atoms with E-state index in [2.05, 4.69) is 153 Å². The molecule has 0 aliphatic rings. The summed E-state index contributed by atoms with van der Waals surface area (Å²) in [6.45, 7) is 20.3. The first-order valence-corrected chi connectivity index (χ1v) is 15.0. The van der Waals surface area contributed by atoms with Crippen molar-refractivity contribution < 1.29 is 9.90 Å². The van der Waals surface area contributed by atoms with Crippen LogP contribution in [-0.2, 0) is 10.2 Å². The molecule has 0 saturated heterocycles. The van der Waals surface area contributed by atoms with Gasteiger partial charge in [-0.3, -0.25) is 4.79 Å². The third kappa shape index (κ3) is 6.88. The van der Waals surface area contributed by atoms with Crippen molar-refractivity contribution in [2.75, 3.05) is 0 Å². The van der Waals surface area contributed by atoms with Crippen LogP contribution in [0.4, 0.5) is 0 Å². The van der Waals surface area contributed by atoms with E-state index in [-0.39, 0.29) is 16.2 Å². The molecule has 0 aliphatic carbocycles. The first-order valence-electron chi connectivity index (χ1n) is 15.0. The molecule has 0 amide bonds. The average molecular weight is 541 g/mol. The lowest BCUT2D eigenvalue weighted by Gasteiger charge is -2.54. The van der Waals surface area contributed by atoms with E-state index in [0.717, 1.165) is 12.8 Å². The van der Waals surface area contributed by atoms with Crippen molar-refractivity contribution in [2.45, 2.75) is 92.9 Å². The van der Waals surface area contributed by atoms with Crippen molar-refractivity contribution in [2.24, 2.45) is 28.1 Å². The lowest BCUT2D eigenvalue weighted by molar-refractivity contribution is -0.147. The Morgan fingerprint density at radius 1 is 0.700 bits per heavy atom. The average Bonchev–Trinajstić information content (AvgIpc) is 2.89. The maximum atomic E-state index is 12.7. The molecular formula is C38H52O2. The molecule has 1 N–H and O–H groups in total. The van der Waals surface area contributed by atoms with E-state index in [9.17, 15) is 9.90 Å². The largest absolute Gasteiger partial charge is 0.481 e. The van der Waals surface area contributed by atoms with Crippen LogP contribution in [0.5, 0.6) is 0 Å². The number of rotatable bonds is 12. The summed E-state index contributed by atoms with van der Waals surface area (Å²) in [6.07, 6.45) is 2.56. The summed E-state index contributed by atoms with van der Waals surface area (Å²) >= 11 is 0. The summed E-state index contributed by atoms with van der Waals surface area (Å²) in [7, 11) is 0. The summed E-state index contributed by atoms with van der Waals surface area (Å²) in [5, 5.41) is 10.4. The summed E-state index contributed by atoms with van der Waals surface area (Å²) < 4.78 is 0. The number of carboxylic acids is 1. The first kappa shape index (κ1) is 31.7. The molecule has 0 aliphatic heterocycles. The second kappa shape index (κ2) is 12.3. The van der Waals surface area contributed by atoms with Crippen LogP contribution < -0.4 is 0 Å². The minimum absolute atomic E-state index is 0.0883. The highest BCUT2D eigenvalue weighted by atomic mass is 16.4. The van der Waals surface area contributed by atoms with Crippen molar-refractivity contribution >= 4 is 5.97 Å². The number of aliphatic carboxylic acids is 1. The highest BCUT2D eigenvalue weighted by Gasteiger charge is 2.53. The fraction of sp³-hybridized carbons (Fsp3) is 0.500. The molecule has 2 atom stereocenters. The Labute approximate surface area is 244 Å². The quantitative estimate of drug-likeness (QED) is 0.248. The molecule has 2 unspecified atom stereocenters.